The van der Waals surface area contributed by atoms with Gasteiger partial charge in [0.1, 0.15) is 0 Å². The highest BCUT2D eigenvalue weighted by molar-refractivity contribution is 5.75. The van der Waals surface area contributed by atoms with Crippen molar-refractivity contribution in [3.8, 4) is 0 Å². The zero-order valence-electron chi connectivity index (χ0n) is 12.3. The average molecular weight is 283 g/mol. The number of hydrogen-bond acceptors (Lipinski definition) is 3. The van der Waals surface area contributed by atoms with E-state index >= 15 is 0 Å². The van der Waals surface area contributed by atoms with Crippen molar-refractivity contribution in [2.75, 3.05) is 33.3 Å². The molecule has 1 saturated carbocycles. The summed E-state index contributed by atoms with van der Waals surface area (Å²) in [5.41, 5.74) is 0. The molecule has 2 aliphatic rings. The zero-order chi connectivity index (χ0) is 14.4. The lowest BCUT2D eigenvalue weighted by molar-refractivity contribution is 0.125. The Morgan fingerprint density at radius 3 is 2.30 bits per heavy atom. The van der Waals surface area contributed by atoms with Crippen LogP contribution < -0.4 is 5.32 Å². The number of amides is 3. The summed E-state index contributed by atoms with van der Waals surface area (Å²) in [6, 6.07) is 0.347. The molecular formula is C14H25N3O3. The molecule has 0 atom stereocenters. The Hall–Kier alpha value is -1.46. The van der Waals surface area contributed by atoms with Gasteiger partial charge in [0, 0.05) is 32.2 Å². The van der Waals surface area contributed by atoms with Gasteiger partial charge in [0.25, 0.3) is 0 Å². The Balaban J connectivity index is 1.80. The fraction of sp³-hybridized carbons (Fsp3) is 0.857. The van der Waals surface area contributed by atoms with Gasteiger partial charge in [-0.05, 0) is 19.3 Å². The van der Waals surface area contributed by atoms with E-state index in [0.717, 1.165) is 19.3 Å². The maximum Gasteiger partial charge on any atom is 0.409 e. The Morgan fingerprint density at radius 2 is 1.60 bits per heavy atom. The van der Waals surface area contributed by atoms with Gasteiger partial charge < -0.3 is 19.9 Å². The van der Waals surface area contributed by atoms with Crippen molar-refractivity contribution >= 4 is 12.1 Å². The molecule has 20 heavy (non-hydrogen) atoms. The van der Waals surface area contributed by atoms with E-state index in [1.165, 1.54) is 26.4 Å². The SMILES string of the molecule is COC(=O)N1CCCN(C(=O)NC2CCCCC2)CC1. The number of hydrogen-bond donors (Lipinski definition) is 1. The number of ether oxygens (including phenoxy) is 1. The van der Waals surface area contributed by atoms with Crippen LogP contribution in [0.3, 0.4) is 0 Å². The third-order valence-corrected chi connectivity index (χ3v) is 4.15. The van der Waals surface area contributed by atoms with Crippen LogP contribution in [-0.4, -0.2) is 61.3 Å². The standard InChI is InChI=1S/C14H25N3O3/c1-20-14(19)17-9-5-8-16(10-11-17)13(18)15-12-6-3-2-4-7-12/h12H,2-11H2,1H3,(H,15,18). The second kappa shape index (κ2) is 7.36. The molecule has 1 saturated heterocycles. The number of urea groups is 1. The van der Waals surface area contributed by atoms with E-state index in [1.807, 2.05) is 4.90 Å². The van der Waals surface area contributed by atoms with Crippen LogP contribution in [0.2, 0.25) is 0 Å². The van der Waals surface area contributed by atoms with E-state index in [-0.39, 0.29) is 12.1 Å². The number of methoxy groups -OCH3 is 1. The van der Waals surface area contributed by atoms with Crippen molar-refractivity contribution in [1.29, 1.82) is 0 Å². The van der Waals surface area contributed by atoms with Crippen molar-refractivity contribution in [3.05, 3.63) is 0 Å². The Morgan fingerprint density at radius 1 is 0.950 bits per heavy atom. The summed E-state index contributed by atoms with van der Waals surface area (Å²) in [7, 11) is 1.39. The summed E-state index contributed by atoms with van der Waals surface area (Å²) in [6.45, 7) is 2.48. The molecule has 1 aliphatic carbocycles. The molecule has 1 aliphatic heterocycles. The van der Waals surface area contributed by atoms with Gasteiger partial charge in [-0.15, -0.1) is 0 Å². The summed E-state index contributed by atoms with van der Waals surface area (Å²) in [6.07, 6.45) is 6.38. The smallest absolute Gasteiger partial charge is 0.409 e. The van der Waals surface area contributed by atoms with Crippen LogP contribution in [0.15, 0.2) is 0 Å². The predicted molar refractivity (Wildman–Crippen MR) is 75.6 cm³/mol. The first-order chi connectivity index (χ1) is 9.70. The van der Waals surface area contributed by atoms with Gasteiger partial charge >= 0.3 is 12.1 Å². The third-order valence-electron chi connectivity index (χ3n) is 4.15. The highest BCUT2D eigenvalue weighted by Gasteiger charge is 2.24. The topological polar surface area (TPSA) is 61.9 Å². The van der Waals surface area contributed by atoms with E-state index in [0.29, 0.717) is 32.2 Å². The molecule has 2 rings (SSSR count). The zero-order valence-corrected chi connectivity index (χ0v) is 12.3. The Labute approximate surface area is 120 Å². The van der Waals surface area contributed by atoms with Gasteiger partial charge in [-0.1, -0.05) is 19.3 Å². The minimum Gasteiger partial charge on any atom is -0.453 e. The van der Waals surface area contributed by atoms with Crippen molar-refractivity contribution in [3.63, 3.8) is 0 Å². The molecule has 0 unspecified atom stereocenters. The minimum atomic E-state index is -0.306. The molecule has 0 bridgehead atoms. The van der Waals surface area contributed by atoms with Gasteiger partial charge in [0.15, 0.2) is 0 Å². The largest absolute Gasteiger partial charge is 0.453 e. The lowest BCUT2D eigenvalue weighted by atomic mass is 9.96. The molecule has 0 radical (unpaired) electrons. The third kappa shape index (κ3) is 4.02. The molecule has 0 aromatic rings. The Bertz CT molecular complexity index is 343. The normalized spacial score (nSPS) is 21.2. The van der Waals surface area contributed by atoms with Gasteiger partial charge in [-0.25, -0.2) is 9.59 Å². The average Bonchev–Trinajstić information content (AvgIpc) is 2.73. The van der Waals surface area contributed by atoms with Crippen LogP contribution in [0.5, 0.6) is 0 Å². The van der Waals surface area contributed by atoms with Gasteiger partial charge in [0.2, 0.25) is 0 Å². The molecule has 6 heteroatoms. The summed E-state index contributed by atoms with van der Waals surface area (Å²) in [5, 5.41) is 3.13. The lowest BCUT2D eigenvalue weighted by Crippen LogP contribution is -2.46. The van der Waals surface area contributed by atoms with Crippen molar-refractivity contribution in [2.45, 2.75) is 44.6 Å². The van der Waals surface area contributed by atoms with Gasteiger partial charge in [-0.2, -0.15) is 0 Å². The van der Waals surface area contributed by atoms with Crippen LogP contribution >= 0.6 is 0 Å². The first-order valence-corrected chi connectivity index (χ1v) is 7.59. The summed E-state index contributed by atoms with van der Waals surface area (Å²) in [5.74, 6) is 0. The van der Waals surface area contributed by atoms with E-state index in [4.69, 9.17) is 4.74 Å². The maximum atomic E-state index is 12.2. The number of carbonyl (C=O) groups excluding carboxylic acids is 2. The molecule has 114 valence electrons. The van der Waals surface area contributed by atoms with Crippen LogP contribution in [0.1, 0.15) is 38.5 Å². The van der Waals surface area contributed by atoms with Crippen LogP contribution in [0.25, 0.3) is 0 Å². The monoisotopic (exact) mass is 283 g/mol. The van der Waals surface area contributed by atoms with E-state index in [9.17, 15) is 9.59 Å². The number of nitrogens with one attached hydrogen (secondary N) is 1. The summed E-state index contributed by atoms with van der Waals surface area (Å²) < 4.78 is 4.73. The lowest BCUT2D eigenvalue weighted by Gasteiger charge is -2.27. The molecular weight excluding hydrogens is 258 g/mol. The summed E-state index contributed by atoms with van der Waals surface area (Å²) in [4.78, 5) is 27.2. The van der Waals surface area contributed by atoms with Crippen molar-refractivity contribution in [2.24, 2.45) is 0 Å². The molecule has 0 aromatic heterocycles. The summed E-state index contributed by atoms with van der Waals surface area (Å²) >= 11 is 0. The second-order valence-electron chi connectivity index (χ2n) is 5.58. The molecule has 6 nitrogen and oxygen atoms in total. The van der Waals surface area contributed by atoms with Gasteiger partial charge in [0.05, 0.1) is 7.11 Å². The fourth-order valence-electron chi connectivity index (χ4n) is 2.95. The van der Waals surface area contributed by atoms with Crippen LogP contribution in [0, 0.1) is 0 Å². The number of nitrogens with zero attached hydrogens (tertiary/aromatic N) is 2. The highest BCUT2D eigenvalue weighted by atomic mass is 16.5. The first-order valence-electron chi connectivity index (χ1n) is 7.59. The first kappa shape index (κ1) is 14.9. The highest BCUT2D eigenvalue weighted by Crippen LogP contribution is 2.17. The van der Waals surface area contributed by atoms with E-state index in [2.05, 4.69) is 5.32 Å². The molecule has 3 amide bonds. The van der Waals surface area contributed by atoms with Gasteiger partial charge in [-0.3, -0.25) is 0 Å². The maximum absolute atomic E-state index is 12.2. The van der Waals surface area contributed by atoms with Crippen LogP contribution in [0.4, 0.5) is 9.59 Å². The second-order valence-corrected chi connectivity index (χ2v) is 5.58. The van der Waals surface area contributed by atoms with E-state index < -0.39 is 0 Å². The number of rotatable bonds is 1. The molecule has 2 fully saturated rings. The van der Waals surface area contributed by atoms with Crippen molar-refractivity contribution < 1.29 is 14.3 Å². The number of carbonyl (C=O) groups is 2. The molecule has 1 heterocycles. The molecule has 0 spiro atoms. The minimum absolute atomic E-state index is 0.0172. The Kier molecular flexibility index (Phi) is 5.49. The van der Waals surface area contributed by atoms with Crippen LogP contribution in [-0.2, 0) is 4.74 Å². The predicted octanol–water partition coefficient (Wildman–Crippen LogP) is 1.80. The van der Waals surface area contributed by atoms with Crippen molar-refractivity contribution in [1.82, 2.24) is 15.1 Å². The molecule has 0 aromatic carbocycles. The van der Waals surface area contributed by atoms with E-state index in [1.54, 1.807) is 4.90 Å². The molecule has 1 N–H and O–H groups in total. The quantitative estimate of drug-likeness (QED) is 0.798. The fourth-order valence-corrected chi connectivity index (χ4v) is 2.95.